The number of nitrogens with one attached hydrogen (secondary N) is 1. The summed E-state index contributed by atoms with van der Waals surface area (Å²) in [7, 11) is -9.34. The van der Waals surface area contributed by atoms with Crippen LogP contribution in [-0.2, 0) is 37.2 Å². The number of sulfonamides is 1. The first-order valence-electron chi connectivity index (χ1n) is 9.75. The van der Waals surface area contributed by atoms with Gasteiger partial charge in [-0.1, -0.05) is 41.8 Å². The third-order valence-electron chi connectivity index (χ3n) is 4.88. The first-order valence-corrected chi connectivity index (χ1v) is 12.7. The van der Waals surface area contributed by atoms with Crippen molar-refractivity contribution in [2.24, 2.45) is 15.4 Å². The van der Waals surface area contributed by atoms with Crippen molar-refractivity contribution in [3.8, 4) is 11.5 Å². The Labute approximate surface area is 245 Å². The topological polar surface area (TPSA) is 200 Å². The number of benzene rings is 4. The van der Waals surface area contributed by atoms with Crippen LogP contribution in [0.4, 0.5) is 22.7 Å². The number of hydrogen-bond donors (Lipinski definition) is 2. The first-order chi connectivity index (χ1) is 16.4. The van der Waals surface area contributed by atoms with E-state index in [2.05, 4.69) is 15.5 Å². The monoisotopic (exact) mass is 597 g/mol. The average Bonchev–Trinajstić information content (AvgIpc) is 2.79. The van der Waals surface area contributed by atoms with E-state index in [0.29, 0.717) is 5.69 Å². The SMILES string of the molecule is NS(=O)(=O)c1ccc([O-])c(N=Nc2c(S(=O)(=O)[O-])cc3ccc(Nc4ccccc4)cc3c2[O-])c1.[Cu+2].[Na+]. The number of anilines is 2. The molecule has 0 fully saturated rings. The largest absolute Gasteiger partial charge is 2.00 e. The van der Waals surface area contributed by atoms with Crippen molar-refractivity contribution in [2.75, 3.05) is 5.32 Å². The molecule has 0 aliphatic carbocycles. The molecule has 0 spiro atoms. The van der Waals surface area contributed by atoms with Gasteiger partial charge in [0.25, 0.3) is 0 Å². The van der Waals surface area contributed by atoms with Gasteiger partial charge >= 0.3 is 46.6 Å². The van der Waals surface area contributed by atoms with E-state index in [1.54, 1.807) is 30.3 Å². The Morgan fingerprint density at radius 2 is 1.49 bits per heavy atom. The zero-order valence-electron chi connectivity index (χ0n) is 18.9. The standard InChI is InChI=1S/C22H18N4O7S2.Cu.Na/c23-34(29,30)16-8-9-19(27)18(12-16)25-26-21-20(35(31,32)33)10-13-6-7-15(11-17(13)22(21)28)24-14-4-2-1-3-5-14;;/h1-12,24,27-28H,(H2,23,29,30)(H,31,32,33);;/q;+2;+1/p-3. The van der Waals surface area contributed by atoms with Crippen molar-refractivity contribution in [2.45, 2.75) is 9.79 Å². The number of para-hydroxylation sites is 1. The molecule has 11 nitrogen and oxygen atoms in total. The Balaban J connectivity index is 0.00000241. The maximum atomic E-state index is 13.2. The minimum Gasteiger partial charge on any atom is -0.871 e. The van der Waals surface area contributed by atoms with E-state index in [9.17, 15) is 31.6 Å². The van der Waals surface area contributed by atoms with Gasteiger partial charge in [-0.25, -0.2) is 22.0 Å². The summed E-state index contributed by atoms with van der Waals surface area (Å²) in [5.41, 5.74) is -0.102. The molecule has 4 rings (SSSR count). The quantitative estimate of drug-likeness (QED) is 0.171. The number of azo groups is 1. The van der Waals surface area contributed by atoms with Crippen LogP contribution in [0.15, 0.2) is 92.8 Å². The Kier molecular flexibility index (Phi) is 9.87. The van der Waals surface area contributed by atoms with Gasteiger partial charge in [-0.2, -0.15) is 5.11 Å². The van der Waals surface area contributed by atoms with E-state index in [4.69, 9.17) is 5.14 Å². The minimum absolute atomic E-state index is 0. The molecular weight excluding hydrogens is 583 g/mol. The maximum absolute atomic E-state index is 13.2. The zero-order chi connectivity index (χ0) is 25.4. The fraction of sp³-hybridized carbons (Fsp3) is 0. The van der Waals surface area contributed by atoms with Crippen molar-refractivity contribution < 1.29 is 78.2 Å². The number of primary sulfonamides is 1. The number of nitrogens with two attached hydrogens (primary N) is 1. The molecule has 0 aliphatic heterocycles. The summed E-state index contributed by atoms with van der Waals surface area (Å²) < 4.78 is 58.7. The van der Waals surface area contributed by atoms with E-state index in [-0.39, 0.29) is 57.4 Å². The second kappa shape index (κ2) is 11.9. The molecule has 1 radical (unpaired) electrons. The molecule has 0 aliphatic rings. The van der Waals surface area contributed by atoms with E-state index < -0.39 is 52.8 Å². The summed E-state index contributed by atoms with van der Waals surface area (Å²) in [6.45, 7) is 0. The van der Waals surface area contributed by atoms with Gasteiger partial charge in [0.1, 0.15) is 10.1 Å². The van der Waals surface area contributed by atoms with Crippen LogP contribution in [0.3, 0.4) is 0 Å². The van der Waals surface area contributed by atoms with E-state index in [0.717, 1.165) is 30.0 Å². The molecule has 3 N–H and O–H groups in total. The summed E-state index contributed by atoms with van der Waals surface area (Å²) in [4.78, 5) is -1.38. The van der Waals surface area contributed by atoms with Gasteiger partial charge in [-0.15, -0.1) is 5.11 Å². The molecule has 0 unspecified atom stereocenters. The Hall–Kier alpha value is -2.52. The Morgan fingerprint density at radius 3 is 2.11 bits per heavy atom. The minimum atomic E-state index is -5.17. The molecule has 0 heterocycles. The van der Waals surface area contributed by atoms with Crippen molar-refractivity contribution in [3.63, 3.8) is 0 Å². The molecular formula is C22H15CuN4NaO7S2. The summed E-state index contributed by atoms with van der Waals surface area (Å²) in [6, 6.07) is 17.2. The molecule has 4 aromatic rings. The van der Waals surface area contributed by atoms with Crippen LogP contribution < -0.4 is 50.2 Å². The first kappa shape index (κ1) is 30.7. The van der Waals surface area contributed by atoms with Crippen LogP contribution in [0.1, 0.15) is 0 Å². The molecule has 0 amide bonds. The van der Waals surface area contributed by atoms with Gasteiger partial charge in [0.2, 0.25) is 10.0 Å². The molecule has 0 aromatic heterocycles. The number of hydrogen-bond acceptors (Lipinski definition) is 10. The van der Waals surface area contributed by atoms with Crippen LogP contribution in [0.25, 0.3) is 10.8 Å². The normalized spacial score (nSPS) is 11.6. The molecule has 4 aromatic carbocycles. The molecule has 37 heavy (non-hydrogen) atoms. The molecule has 0 bridgehead atoms. The van der Waals surface area contributed by atoms with Crippen molar-refractivity contribution in [3.05, 3.63) is 72.8 Å². The summed E-state index contributed by atoms with van der Waals surface area (Å²) in [5.74, 6) is -1.69. The van der Waals surface area contributed by atoms with Gasteiger partial charge < -0.3 is 20.1 Å². The second-order valence-corrected chi connectivity index (χ2v) is 10.2. The summed E-state index contributed by atoms with van der Waals surface area (Å²) >= 11 is 0. The van der Waals surface area contributed by atoms with Crippen LogP contribution >= 0.6 is 0 Å². The van der Waals surface area contributed by atoms with Crippen LogP contribution in [0.5, 0.6) is 11.5 Å². The molecule has 0 saturated carbocycles. The fourth-order valence-electron chi connectivity index (χ4n) is 3.24. The van der Waals surface area contributed by atoms with E-state index in [1.165, 1.54) is 12.1 Å². The smallest absolute Gasteiger partial charge is 0.871 e. The van der Waals surface area contributed by atoms with E-state index >= 15 is 0 Å². The number of rotatable bonds is 6. The van der Waals surface area contributed by atoms with Crippen LogP contribution in [-0.4, -0.2) is 21.4 Å². The average molecular weight is 598 g/mol. The van der Waals surface area contributed by atoms with Gasteiger partial charge in [-0.05, 0) is 53.2 Å². The fourth-order valence-corrected chi connectivity index (χ4v) is 4.41. The second-order valence-electron chi connectivity index (χ2n) is 7.31. The summed E-state index contributed by atoms with van der Waals surface area (Å²) in [5, 5.41) is 40.7. The maximum Gasteiger partial charge on any atom is 2.00 e. The van der Waals surface area contributed by atoms with E-state index in [1.807, 2.05) is 6.07 Å². The van der Waals surface area contributed by atoms with Crippen molar-refractivity contribution >= 4 is 53.7 Å². The molecule has 0 saturated heterocycles. The van der Waals surface area contributed by atoms with Gasteiger partial charge in [0, 0.05) is 11.4 Å². The number of nitrogens with zero attached hydrogens (tertiary/aromatic N) is 2. The van der Waals surface area contributed by atoms with Gasteiger partial charge in [-0.3, -0.25) is 0 Å². The zero-order valence-corrected chi connectivity index (χ0v) is 23.5. The summed E-state index contributed by atoms with van der Waals surface area (Å²) in [6.07, 6.45) is 0. The predicted octanol–water partition coefficient (Wildman–Crippen LogP) is -0.301. The molecule has 189 valence electrons. The number of fused-ring (bicyclic) bond motifs is 1. The Bertz CT molecular complexity index is 1700. The third-order valence-corrected chi connectivity index (χ3v) is 6.64. The molecule has 15 heteroatoms. The van der Waals surface area contributed by atoms with Crippen molar-refractivity contribution in [1.29, 1.82) is 0 Å². The van der Waals surface area contributed by atoms with Gasteiger partial charge in [0.05, 0.1) is 21.2 Å². The van der Waals surface area contributed by atoms with Gasteiger partial charge in [0.15, 0.2) is 0 Å². The Morgan fingerprint density at radius 1 is 0.811 bits per heavy atom. The van der Waals surface area contributed by atoms with Crippen molar-refractivity contribution in [1.82, 2.24) is 0 Å². The predicted molar refractivity (Wildman–Crippen MR) is 123 cm³/mol. The van der Waals surface area contributed by atoms with Crippen LogP contribution in [0.2, 0.25) is 0 Å². The third kappa shape index (κ3) is 7.07. The van der Waals surface area contributed by atoms with Crippen LogP contribution in [0, 0.1) is 0 Å². The molecule has 0 atom stereocenters.